The predicted molar refractivity (Wildman–Crippen MR) is 79.5 cm³/mol. The van der Waals surface area contributed by atoms with Gasteiger partial charge in [-0.25, -0.2) is 0 Å². The molecule has 6 heteroatoms. The summed E-state index contributed by atoms with van der Waals surface area (Å²) in [5.41, 5.74) is 1.06. The maximum atomic E-state index is 10.9. The number of hydrogen-bond donors (Lipinski definition) is 1. The standard InChI is InChI=1S/C14H19ClN2O3/c1-10-8-13(17(19)20)11(15)9-12(10)16-6-3-4-14(2,18)5-7-16/h8-9,18H,3-7H2,1-2H3. The van der Waals surface area contributed by atoms with Gasteiger partial charge in [0.2, 0.25) is 0 Å². The SMILES string of the molecule is Cc1cc([N+](=O)[O-])c(Cl)cc1N1CCCC(C)(O)CC1. The van der Waals surface area contributed by atoms with Gasteiger partial charge >= 0.3 is 0 Å². The third-order valence-corrected chi connectivity index (χ3v) is 4.17. The van der Waals surface area contributed by atoms with E-state index < -0.39 is 10.5 Å². The van der Waals surface area contributed by atoms with Crippen LogP contribution in [0.15, 0.2) is 12.1 Å². The topological polar surface area (TPSA) is 66.6 Å². The Bertz CT molecular complexity index is 531. The number of nitro benzene ring substituents is 1. The van der Waals surface area contributed by atoms with Crippen molar-refractivity contribution in [2.45, 2.75) is 38.7 Å². The van der Waals surface area contributed by atoms with Crippen LogP contribution in [-0.4, -0.2) is 28.7 Å². The van der Waals surface area contributed by atoms with Crippen LogP contribution in [-0.2, 0) is 0 Å². The molecule has 1 saturated heterocycles. The fourth-order valence-electron chi connectivity index (χ4n) is 2.64. The average Bonchev–Trinajstić information content (AvgIpc) is 2.52. The van der Waals surface area contributed by atoms with Gasteiger partial charge in [0, 0.05) is 24.8 Å². The van der Waals surface area contributed by atoms with Crippen LogP contribution < -0.4 is 4.90 Å². The third-order valence-electron chi connectivity index (χ3n) is 3.87. The van der Waals surface area contributed by atoms with Gasteiger partial charge in [-0.2, -0.15) is 0 Å². The van der Waals surface area contributed by atoms with Crippen molar-refractivity contribution in [2.24, 2.45) is 0 Å². The van der Waals surface area contributed by atoms with Crippen LogP contribution in [0.4, 0.5) is 11.4 Å². The van der Waals surface area contributed by atoms with E-state index in [-0.39, 0.29) is 10.7 Å². The Morgan fingerprint density at radius 3 is 2.75 bits per heavy atom. The van der Waals surface area contributed by atoms with E-state index >= 15 is 0 Å². The molecule has 0 spiro atoms. The summed E-state index contributed by atoms with van der Waals surface area (Å²) in [5, 5.41) is 21.2. The number of anilines is 1. The third kappa shape index (κ3) is 3.22. The highest BCUT2D eigenvalue weighted by atomic mass is 35.5. The minimum atomic E-state index is -0.632. The summed E-state index contributed by atoms with van der Waals surface area (Å²) in [6.45, 7) is 5.25. The molecular formula is C14H19ClN2O3. The van der Waals surface area contributed by atoms with Crippen molar-refractivity contribution in [3.8, 4) is 0 Å². The van der Waals surface area contributed by atoms with Gasteiger partial charge in [-0.05, 0) is 44.7 Å². The summed E-state index contributed by atoms with van der Waals surface area (Å²) < 4.78 is 0. The van der Waals surface area contributed by atoms with Gasteiger partial charge < -0.3 is 10.0 Å². The lowest BCUT2D eigenvalue weighted by molar-refractivity contribution is -0.384. The summed E-state index contributed by atoms with van der Waals surface area (Å²) in [6, 6.07) is 3.18. The van der Waals surface area contributed by atoms with Crippen LogP contribution in [0.1, 0.15) is 31.7 Å². The first-order chi connectivity index (χ1) is 9.30. The number of halogens is 1. The van der Waals surface area contributed by atoms with Crippen LogP contribution in [0, 0.1) is 17.0 Å². The number of rotatable bonds is 2. The minimum absolute atomic E-state index is 0.0604. The normalized spacial score (nSPS) is 23.5. The molecular weight excluding hydrogens is 280 g/mol. The first-order valence-electron chi connectivity index (χ1n) is 6.72. The summed E-state index contributed by atoms with van der Waals surface area (Å²) in [4.78, 5) is 12.6. The molecule has 5 nitrogen and oxygen atoms in total. The van der Waals surface area contributed by atoms with Gasteiger partial charge in [-0.1, -0.05) is 11.6 Å². The van der Waals surface area contributed by atoms with Crippen LogP contribution in [0.5, 0.6) is 0 Å². The smallest absolute Gasteiger partial charge is 0.288 e. The molecule has 20 heavy (non-hydrogen) atoms. The van der Waals surface area contributed by atoms with Crippen molar-refractivity contribution in [2.75, 3.05) is 18.0 Å². The molecule has 0 aromatic heterocycles. The molecule has 2 rings (SSSR count). The van der Waals surface area contributed by atoms with Gasteiger partial charge in [0.25, 0.3) is 5.69 Å². The zero-order valence-corrected chi connectivity index (χ0v) is 12.5. The number of nitrogens with zero attached hydrogens (tertiary/aromatic N) is 2. The highest BCUT2D eigenvalue weighted by molar-refractivity contribution is 6.33. The lowest BCUT2D eigenvalue weighted by Crippen LogP contribution is -2.28. The van der Waals surface area contributed by atoms with Crippen LogP contribution in [0.25, 0.3) is 0 Å². The van der Waals surface area contributed by atoms with E-state index in [1.165, 1.54) is 6.07 Å². The van der Waals surface area contributed by atoms with E-state index in [0.717, 1.165) is 37.2 Å². The van der Waals surface area contributed by atoms with Gasteiger partial charge in [0.05, 0.1) is 10.5 Å². The Kier molecular flexibility index (Phi) is 4.20. The minimum Gasteiger partial charge on any atom is -0.390 e. The molecule has 1 heterocycles. The van der Waals surface area contributed by atoms with E-state index in [1.807, 2.05) is 13.8 Å². The largest absolute Gasteiger partial charge is 0.390 e. The highest BCUT2D eigenvalue weighted by Gasteiger charge is 2.26. The molecule has 1 N–H and O–H groups in total. The zero-order chi connectivity index (χ0) is 14.9. The molecule has 1 aromatic rings. The number of aliphatic hydroxyl groups is 1. The Balaban J connectivity index is 2.29. The number of benzene rings is 1. The fourth-order valence-corrected chi connectivity index (χ4v) is 2.87. The first kappa shape index (κ1) is 15.1. The van der Waals surface area contributed by atoms with Crippen LogP contribution >= 0.6 is 11.6 Å². The maximum Gasteiger partial charge on any atom is 0.288 e. The van der Waals surface area contributed by atoms with E-state index in [9.17, 15) is 15.2 Å². The zero-order valence-electron chi connectivity index (χ0n) is 11.7. The molecule has 1 unspecified atom stereocenters. The average molecular weight is 299 g/mol. The second-order valence-corrected chi connectivity index (χ2v) is 6.09. The molecule has 0 bridgehead atoms. The highest BCUT2D eigenvalue weighted by Crippen LogP contribution is 2.34. The molecule has 1 aliphatic heterocycles. The Morgan fingerprint density at radius 2 is 2.10 bits per heavy atom. The second-order valence-electron chi connectivity index (χ2n) is 5.68. The van der Waals surface area contributed by atoms with Crippen LogP contribution in [0.2, 0.25) is 5.02 Å². The van der Waals surface area contributed by atoms with Gasteiger partial charge in [0.1, 0.15) is 5.02 Å². The summed E-state index contributed by atoms with van der Waals surface area (Å²) >= 11 is 5.99. The molecule has 1 atom stereocenters. The molecule has 0 radical (unpaired) electrons. The van der Waals surface area contributed by atoms with E-state index in [4.69, 9.17) is 11.6 Å². The fraction of sp³-hybridized carbons (Fsp3) is 0.571. The van der Waals surface area contributed by atoms with E-state index in [0.29, 0.717) is 6.42 Å². The molecule has 0 saturated carbocycles. The van der Waals surface area contributed by atoms with Crippen molar-refractivity contribution in [1.29, 1.82) is 0 Å². The Labute approximate surface area is 123 Å². The van der Waals surface area contributed by atoms with Crippen molar-refractivity contribution >= 4 is 23.0 Å². The van der Waals surface area contributed by atoms with Crippen molar-refractivity contribution in [1.82, 2.24) is 0 Å². The van der Waals surface area contributed by atoms with E-state index in [2.05, 4.69) is 4.90 Å². The predicted octanol–water partition coefficient (Wildman–Crippen LogP) is 3.30. The number of nitro groups is 1. The monoisotopic (exact) mass is 298 g/mol. The lowest BCUT2D eigenvalue weighted by Gasteiger charge is -2.26. The lowest BCUT2D eigenvalue weighted by atomic mass is 9.98. The summed E-state index contributed by atoms with van der Waals surface area (Å²) in [6.07, 6.45) is 2.34. The van der Waals surface area contributed by atoms with Gasteiger partial charge in [0.15, 0.2) is 0 Å². The summed E-state index contributed by atoms with van der Waals surface area (Å²) in [5.74, 6) is 0. The van der Waals surface area contributed by atoms with Crippen molar-refractivity contribution in [3.05, 3.63) is 32.8 Å². The Hall–Kier alpha value is -1.33. The maximum absolute atomic E-state index is 10.9. The molecule has 1 fully saturated rings. The van der Waals surface area contributed by atoms with E-state index in [1.54, 1.807) is 6.07 Å². The molecule has 110 valence electrons. The molecule has 1 aliphatic rings. The molecule has 0 amide bonds. The first-order valence-corrected chi connectivity index (χ1v) is 7.10. The van der Waals surface area contributed by atoms with Crippen LogP contribution in [0.3, 0.4) is 0 Å². The quantitative estimate of drug-likeness (QED) is 0.672. The van der Waals surface area contributed by atoms with Crippen molar-refractivity contribution < 1.29 is 10.0 Å². The number of hydrogen-bond acceptors (Lipinski definition) is 4. The Morgan fingerprint density at radius 1 is 1.40 bits per heavy atom. The van der Waals surface area contributed by atoms with Crippen molar-refractivity contribution in [3.63, 3.8) is 0 Å². The summed E-state index contributed by atoms with van der Waals surface area (Å²) in [7, 11) is 0. The molecule has 1 aromatic carbocycles. The van der Waals surface area contributed by atoms with Gasteiger partial charge in [-0.15, -0.1) is 0 Å². The van der Waals surface area contributed by atoms with Gasteiger partial charge in [-0.3, -0.25) is 10.1 Å². The second kappa shape index (κ2) is 5.58. The molecule has 0 aliphatic carbocycles. The number of aryl methyl sites for hydroxylation is 1.